The molecule has 0 atom stereocenters. The third-order valence-electron chi connectivity index (χ3n) is 4.17. The largest absolute Gasteiger partial charge is 0.486 e. The van der Waals surface area contributed by atoms with Crippen molar-refractivity contribution < 1.29 is 9.84 Å². The Bertz CT molecular complexity index is 812. The van der Waals surface area contributed by atoms with Crippen LogP contribution in [0.2, 0.25) is 0 Å². The van der Waals surface area contributed by atoms with Crippen molar-refractivity contribution in [1.82, 2.24) is 9.55 Å². The Morgan fingerprint density at radius 3 is 2.60 bits per heavy atom. The minimum Gasteiger partial charge on any atom is -0.486 e. The number of anilines is 1. The molecule has 0 aliphatic rings. The number of aromatic nitrogens is 2. The van der Waals surface area contributed by atoms with Crippen molar-refractivity contribution in [3.8, 4) is 5.75 Å². The fourth-order valence-corrected chi connectivity index (χ4v) is 2.63. The van der Waals surface area contributed by atoms with Gasteiger partial charge in [-0.3, -0.25) is 0 Å². The van der Waals surface area contributed by atoms with Gasteiger partial charge in [-0.05, 0) is 35.4 Å². The molecule has 1 N–H and O–H groups in total. The Balaban J connectivity index is 1.59. The van der Waals surface area contributed by atoms with Crippen molar-refractivity contribution in [3.05, 3.63) is 77.9 Å². The molecule has 0 aliphatic carbocycles. The number of aliphatic hydroxyl groups is 1. The zero-order valence-electron chi connectivity index (χ0n) is 14.6. The molecule has 130 valence electrons. The summed E-state index contributed by atoms with van der Waals surface area (Å²) in [6.07, 6.45) is 3.67. The van der Waals surface area contributed by atoms with E-state index in [-0.39, 0.29) is 6.61 Å². The smallest absolute Gasteiger partial charge is 0.146 e. The lowest BCUT2D eigenvalue weighted by Gasteiger charge is -2.20. The van der Waals surface area contributed by atoms with Crippen LogP contribution in [0.4, 0.5) is 5.69 Å². The second-order valence-electron chi connectivity index (χ2n) is 6.07. The van der Waals surface area contributed by atoms with Gasteiger partial charge in [0.05, 0.1) is 6.61 Å². The number of nitrogens with zero attached hydrogens (tertiary/aromatic N) is 3. The first kappa shape index (κ1) is 17.0. The monoisotopic (exact) mass is 337 g/mol. The molecule has 0 saturated heterocycles. The molecule has 5 nitrogen and oxygen atoms in total. The van der Waals surface area contributed by atoms with Crippen LogP contribution in [0.1, 0.15) is 17.0 Å². The summed E-state index contributed by atoms with van der Waals surface area (Å²) in [5, 5.41) is 9.26. The van der Waals surface area contributed by atoms with Gasteiger partial charge in [0.25, 0.3) is 0 Å². The van der Waals surface area contributed by atoms with Gasteiger partial charge in [0, 0.05) is 38.7 Å². The van der Waals surface area contributed by atoms with Gasteiger partial charge in [-0.2, -0.15) is 0 Å². The van der Waals surface area contributed by atoms with Crippen LogP contribution in [0.5, 0.6) is 5.75 Å². The molecule has 0 spiro atoms. The molecule has 0 bridgehead atoms. The predicted molar refractivity (Wildman–Crippen MR) is 98.5 cm³/mol. The van der Waals surface area contributed by atoms with E-state index in [1.54, 1.807) is 6.20 Å². The maximum Gasteiger partial charge on any atom is 0.146 e. The number of ether oxygens (including phenoxy) is 1. The van der Waals surface area contributed by atoms with E-state index in [0.29, 0.717) is 6.61 Å². The third-order valence-corrected chi connectivity index (χ3v) is 4.17. The van der Waals surface area contributed by atoms with Crippen molar-refractivity contribution in [2.24, 2.45) is 7.05 Å². The Morgan fingerprint density at radius 1 is 1.12 bits per heavy atom. The maximum absolute atomic E-state index is 9.26. The van der Waals surface area contributed by atoms with Gasteiger partial charge in [0.15, 0.2) is 0 Å². The molecule has 1 heterocycles. The van der Waals surface area contributed by atoms with Gasteiger partial charge in [-0.25, -0.2) is 4.98 Å². The van der Waals surface area contributed by atoms with E-state index in [9.17, 15) is 5.11 Å². The van der Waals surface area contributed by atoms with Gasteiger partial charge in [-0.1, -0.05) is 24.3 Å². The summed E-state index contributed by atoms with van der Waals surface area (Å²) >= 11 is 0. The topological polar surface area (TPSA) is 50.5 Å². The van der Waals surface area contributed by atoms with Crippen LogP contribution < -0.4 is 9.64 Å². The van der Waals surface area contributed by atoms with Crippen molar-refractivity contribution in [3.63, 3.8) is 0 Å². The maximum atomic E-state index is 9.26. The normalized spacial score (nSPS) is 10.7. The van der Waals surface area contributed by atoms with Crippen LogP contribution in [0.25, 0.3) is 0 Å². The number of rotatable bonds is 7. The number of aryl methyl sites for hydroxylation is 1. The summed E-state index contributed by atoms with van der Waals surface area (Å²) in [6.45, 7) is 1.30. The van der Waals surface area contributed by atoms with Crippen molar-refractivity contribution in [2.75, 3.05) is 11.9 Å². The molecule has 0 aliphatic heterocycles. The van der Waals surface area contributed by atoms with Gasteiger partial charge >= 0.3 is 0 Å². The molecule has 5 heteroatoms. The minimum absolute atomic E-state index is 0.0592. The van der Waals surface area contributed by atoms with E-state index in [1.807, 2.05) is 61.3 Å². The minimum atomic E-state index is 0.0592. The third kappa shape index (κ3) is 4.39. The number of hydrogen-bond donors (Lipinski definition) is 1. The van der Waals surface area contributed by atoms with Crippen molar-refractivity contribution >= 4 is 5.69 Å². The lowest BCUT2D eigenvalue weighted by molar-refractivity contribution is 0.282. The highest BCUT2D eigenvalue weighted by atomic mass is 16.5. The van der Waals surface area contributed by atoms with Gasteiger partial charge in [0.1, 0.15) is 18.2 Å². The van der Waals surface area contributed by atoms with Crippen molar-refractivity contribution in [2.45, 2.75) is 19.8 Å². The van der Waals surface area contributed by atoms with E-state index >= 15 is 0 Å². The Kier molecular flexibility index (Phi) is 5.36. The van der Waals surface area contributed by atoms with Crippen LogP contribution in [0.15, 0.2) is 60.9 Å². The summed E-state index contributed by atoms with van der Waals surface area (Å²) in [5.74, 6) is 1.73. The number of imidazole rings is 1. The van der Waals surface area contributed by atoms with E-state index in [1.165, 1.54) is 5.56 Å². The van der Waals surface area contributed by atoms with E-state index < -0.39 is 0 Å². The molecule has 0 unspecified atom stereocenters. The molecule has 25 heavy (non-hydrogen) atoms. The van der Waals surface area contributed by atoms with E-state index in [0.717, 1.165) is 29.4 Å². The van der Waals surface area contributed by atoms with E-state index in [4.69, 9.17) is 4.74 Å². The van der Waals surface area contributed by atoms with Crippen molar-refractivity contribution in [1.29, 1.82) is 0 Å². The first-order valence-electron chi connectivity index (χ1n) is 8.24. The molecule has 0 amide bonds. The molecule has 3 rings (SSSR count). The van der Waals surface area contributed by atoms with Gasteiger partial charge in [0.2, 0.25) is 0 Å². The zero-order chi connectivity index (χ0) is 17.6. The van der Waals surface area contributed by atoms with Gasteiger partial charge < -0.3 is 19.3 Å². The molecule has 1 aromatic heterocycles. The average molecular weight is 337 g/mol. The summed E-state index contributed by atoms with van der Waals surface area (Å²) in [6, 6.07) is 16.0. The highest BCUT2D eigenvalue weighted by molar-refractivity contribution is 5.48. The highest BCUT2D eigenvalue weighted by Crippen LogP contribution is 2.19. The van der Waals surface area contributed by atoms with Crippen LogP contribution in [0, 0.1) is 0 Å². The molecule has 0 fully saturated rings. The molecule has 2 aromatic carbocycles. The second kappa shape index (κ2) is 7.85. The van der Waals surface area contributed by atoms with Crippen LogP contribution >= 0.6 is 0 Å². The lowest BCUT2D eigenvalue weighted by atomic mass is 10.1. The summed E-state index contributed by atoms with van der Waals surface area (Å²) in [5.41, 5.74) is 3.20. The SMILES string of the molecule is CN(Cc1ccc(OCc2nccn2C)cc1)c1cccc(CO)c1. The Morgan fingerprint density at radius 2 is 1.92 bits per heavy atom. The molecule has 0 saturated carbocycles. The van der Waals surface area contributed by atoms with Crippen LogP contribution in [-0.4, -0.2) is 21.7 Å². The van der Waals surface area contributed by atoms with Crippen LogP contribution in [0.3, 0.4) is 0 Å². The predicted octanol–water partition coefficient (Wildman–Crippen LogP) is 3.13. The zero-order valence-corrected chi connectivity index (χ0v) is 14.6. The average Bonchev–Trinajstić information content (AvgIpc) is 3.06. The second-order valence-corrected chi connectivity index (χ2v) is 6.07. The Hall–Kier alpha value is -2.79. The summed E-state index contributed by atoms with van der Waals surface area (Å²) in [4.78, 5) is 6.40. The highest BCUT2D eigenvalue weighted by Gasteiger charge is 2.05. The van der Waals surface area contributed by atoms with Crippen LogP contribution in [-0.2, 0) is 26.8 Å². The molecular weight excluding hydrogens is 314 g/mol. The summed E-state index contributed by atoms with van der Waals surface area (Å²) in [7, 11) is 4.00. The summed E-state index contributed by atoms with van der Waals surface area (Å²) < 4.78 is 7.73. The fourth-order valence-electron chi connectivity index (χ4n) is 2.63. The number of benzene rings is 2. The first-order chi connectivity index (χ1) is 12.2. The first-order valence-corrected chi connectivity index (χ1v) is 8.24. The lowest BCUT2D eigenvalue weighted by Crippen LogP contribution is -2.16. The fraction of sp³-hybridized carbons (Fsp3) is 0.250. The standard InChI is InChI=1S/C20H23N3O2/c1-22-11-10-21-20(22)15-25-19-8-6-16(7-9-19)13-23(2)18-5-3-4-17(12-18)14-24/h3-12,24H,13-15H2,1-2H3. The quantitative estimate of drug-likeness (QED) is 0.720. The number of hydrogen-bond acceptors (Lipinski definition) is 4. The molecular formula is C20H23N3O2. The number of aliphatic hydroxyl groups excluding tert-OH is 1. The molecule has 3 aromatic rings. The Labute approximate surface area is 148 Å². The van der Waals surface area contributed by atoms with E-state index in [2.05, 4.69) is 22.0 Å². The molecule has 0 radical (unpaired) electrons. The van der Waals surface area contributed by atoms with Gasteiger partial charge in [-0.15, -0.1) is 0 Å².